The monoisotopic (exact) mass is 236 g/mol. The zero-order chi connectivity index (χ0) is 12.3. The van der Waals surface area contributed by atoms with Crippen LogP contribution in [0.3, 0.4) is 0 Å². The van der Waals surface area contributed by atoms with E-state index in [4.69, 9.17) is 0 Å². The molecule has 1 aromatic heterocycles. The summed E-state index contributed by atoms with van der Waals surface area (Å²) in [5.74, 6) is 1.69. The first kappa shape index (κ1) is 12.6. The largest absolute Gasteiger partial charge is 0.389 e. The van der Waals surface area contributed by atoms with Crippen LogP contribution in [-0.2, 0) is 13.0 Å². The second-order valence-corrected chi connectivity index (χ2v) is 5.64. The third kappa shape index (κ3) is 3.09. The van der Waals surface area contributed by atoms with Crippen LogP contribution >= 0.6 is 0 Å². The molecule has 0 aliphatic heterocycles. The fraction of sp³-hybridized carbons (Fsp3) is 0.786. The van der Waals surface area contributed by atoms with Gasteiger partial charge in [0.1, 0.15) is 5.82 Å². The number of hydrogen-bond donors (Lipinski definition) is 1. The molecule has 96 valence electrons. The molecule has 1 saturated carbocycles. The SMILES string of the molecule is CCCn1ccnc1CC1(O)CCCC(C)C1. The Morgan fingerprint density at radius 3 is 3.12 bits per heavy atom. The summed E-state index contributed by atoms with van der Waals surface area (Å²) in [6.45, 7) is 5.41. The fourth-order valence-corrected chi connectivity index (χ4v) is 3.04. The highest BCUT2D eigenvalue weighted by Crippen LogP contribution is 2.34. The quantitative estimate of drug-likeness (QED) is 0.873. The van der Waals surface area contributed by atoms with Crippen LogP contribution in [0.1, 0.15) is 51.8 Å². The molecule has 0 spiro atoms. The first-order valence-electron chi connectivity index (χ1n) is 6.85. The summed E-state index contributed by atoms with van der Waals surface area (Å²) >= 11 is 0. The van der Waals surface area contributed by atoms with Crippen molar-refractivity contribution in [2.75, 3.05) is 0 Å². The molecule has 0 aromatic carbocycles. The lowest BCUT2D eigenvalue weighted by Crippen LogP contribution is -2.37. The van der Waals surface area contributed by atoms with Gasteiger partial charge in [-0.15, -0.1) is 0 Å². The summed E-state index contributed by atoms with van der Waals surface area (Å²) in [6, 6.07) is 0. The van der Waals surface area contributed by atoms with Crippen molar-refractivity contribution in [2.45, 2.75) is 64.5 Å². The van der Waals surface area contributed by atoms with E-state index in [9.17, 15) is 5.11 Å². The maximum Gasteiger partial charge on any atom is 0.111 e. The van der Waals surface area contributed by atoms with Gasteiger partial charge in [-0.3, -0.25) is 0 Å². The Hall–Kier alpha value is -0.830. The van der Waals surface area contributed by atoms with E-state index >= 15 is 0 Å². The lowest BCUT2D eigenvalue weighted by Gasteiger charge is -2.35. The Kier molecular flexibility index (Phi) is 3.87. The molecule has 0 radical (unpaired) electrons. The van der Waals surface area contributed by atoms with Crippen LogP contribution in [0, 0.1) is 5.92 Å². The van der Waals surface area contributed by atoms with E-state index in [1.54, 1.807) is 0 Å². The van der Waals surface area contributed by atoms with Gasteiger partial charge in [-0.2, -0.15) is 0 Å². The van der Waals surface area contributed by atoms with Crippen molar-refractivity contribution in [3.8, 4) is 0 Å². The van der Waals surface area contributed by atoms with Crippen molar-refractivity contribution in [3.05, 3.63) is 18.2 Å². The van der Waals surface area contributed by atoms with Crippen LogP contribution in [0.5, 0.6) is 0 Å². The molecule has 3 nitrogen and oxygen atoms in total. The molecule has 1 aliphatic rings. The van der Waals surface area contributed by atoms with Crippen LogP contribution in [0.2, 0.25) is 0 Å². The zero-order valence-electron chi connectivity index (χ0n) is 11.0. The number of rotatable bonds is 4. The summed E-state index contributed by atoms with van der Waals surface area (Å²) in [4.78, 5) is 4.40. The van der Waals surface area contributed by atoms with Crippen LogP contribution in [0.25, 0.3) is 0 Å². The van der Waals surface area contributed by atoms with Gasteiger partial charge in [0, 0.05) is 25.4 Å². The number of hydrogen-bond acceptors (Lipinski definition) is 2. The van der Waals surface area contributed by atoms with Crippen molar-refractivity contribution in [1.29, 1.82) is 0 Å². The maximum absolute atomic E-state index is 10.7. The highest BCUT2D eigenvalue weighted by Gasteiger charge is 2.33. The topological polar surface area (TPSA) is 38.0 Å². The van der Waals surface area contributed by atoms with Gasteiger partial charge >= 0.3 is 0 Å². The van der Waals surface area contributed by atoms with E-state index in [-0.39, 0.29) is 0 Å². The van der Waals surface area contributed by atoms with Gasteiger partial charge < -0.3 is 9.67 Å². The number of nitrogens with zero attached hydrogens (tertiary/aromatic N) is 2. The molecule has 0 saturated heterocycles. The molecule has 17 heavy (non-hydrogen) atoms. The summed E-state index contributed by atoms with van der Waals surface area (Å²) in [5.41, 5.74) is -0.519. The molecule has 0 bridgehead atoms. The Bertz CT molecular complexity index is 361. The molecule has 1 N–H and O–H groups in total. The van der Waals surface area contributed by atoms with Crippen molar-refractivity contribution >= 4 is 0 Å². The van der Waals surface area contributed by atoms with E-state index in [0.29, 0.717) is 12.3 Å². The van der Waals surface area contributed by atoms with Crippen molar-refractivity contribution in [2.24, 2.45) is 5.92 Å². The Morgan fingerprint density at radius 2 is 2.41 bits per heavy atom. The van der Waals surface area contributed by atoms with Gasteiger partial charge in [-0.25, -0.2) is 4.98 Å². The average molecular weight is 236 g/mol. The molecule has 2 unspecified atom stereocenters. The third-order valence-electron chi connectivity index (χ3n) is 3.82. The molecule has 3 heteroatoms. The summed E-state index contributed by atoms with van der Waals surface area (Å²) < 4.78 is 2.18. The molecular formula is C14H24N2O. The first-order valence-corrected chi connectivity index (χ1v) is 6.85. The second kappa shape index (κ2) is 5.21. The third-order valence-corrected chi connectivity index (χ3v) is 3.82. The Balaban J connectivity index is 2.05. The van der Waals surface area contributed by atoms with Gasteiger partial charge in [0.05, 0.1) is 5.60 Å². The van der Waals surface area contributed by atoms with Crippen molar-refractivity contribution in [3.63, 3.8) is 0 Å². The predicted molar refractivity (Wildman–Crippen MR) is 68.8 cm³/mol. The summed E-state index contributed by atoms with van der Waals surface area (Å²) in [6.07, 6.45) is 9.94. The second-order valence-electron chi connectivity index (χ2n) is 5.64. The standard InChI is InChI=1S/C14H24N2O/c1-3-8-16-9-7-15-13(16)11-14(17)6-4-5-12(2)10-14/h7,9,12,17H,3-6,8,10-11H2,1-2H3. The van der Waals surface area contributed by atoms with E-state index in [1.807, 2.05) is 12.4 Å². The maximum atomic E-state index is 10.7. The van der Waals surface area contributed by atoms with Crippen molar-refractivity contribution < 1.29 is 5.11 Å². The van der Waals surface area contributed by atoms with Crippen LogP contribution in [0.15, 0.2) is 12.4 Å². The molecule has 2 atom stereocenters. The van der Waals surface area contributed by atoms with Crippen molar-refractivity contribution in [1.82, 2.24) is 9.55 Å². The van der Waals surface area contributed by atoms with Gasteiger partial charge in [0.15, 0.2) is 0 Å². The lowest BCUT2D eigenvalue weighted by atomic mass is 9.77. The van der Waals surface area contributed by atoms with Crippen LogP contribution in [-0.4, -0.2) is 20.3 Å². The predicted octanol–water partition coefficient (Wildman–Crippen LogP) is 2.78. The highest BCUT2D eigenvalue weighted by atomic mass is 16.3. The van der Waals surface area contributed by atoms with Gasteiger partial charge in [0.2, 0.25) is 0 Å². The lowest BCUT2D eigenvalue weighted by molar-refractivity contribution is -0.0145. The van der Waals surface area contributed by atoms with Gasteiger partial charge in [-0.1, -0.05) is 26.7 Å². The van der Waals surface area contributed by atoms with E-state index < -0.39 is 5.60 Å². The Labute approximate surface area is 104 Å². The van der Waals surface area contributed by atoms with E-state index in [2.05, 4.69) is 23.4 Å². The van der Waals surface area contributed by atoms with Crippen LogP contribution in [0.4, 0.5) is 0 Å². The number of aliphatic hydroxyl groups is 1. The van der Waals surface area contributed by atoms with Gasteiger partial charge in [0.25, 0.3) is 0 Å². The molecule has 2 rings (SSSR count). The first-order chi connectivity index (χ1) is 8.13. The fourth-order valence-electron chi connectivity index (χ4n) is 3.04. The number of aromatic nitrogens is 2. The minimum Gasteiger partial charge on any atom is -0.389 e. The smallest absolute Gasteiger partial charge is 0.111 e. The molecular weight excluding hydrogens is 212 g/mol. The number of aryl methyl sites for hydroxylation is 1. The summed E-state index contributed by atoms with van der Waals surface area (Å²) in [7, 11) is 0. The average Bonchev–Trinajstić information content (AvgIpc) is 2.65. The molecule has 1 fully saturated rings. The molecule has 1 aromatic rings. The van der Waals surface area contributed by atoms with Crippen LogP contribution < -0.4 is 0 Å². The zero-order valence-corrected chi connectivity index (χ0v) is 11.0. The molecule has 1 aliphatic carbocycles. The molecule has 0 amide bonds. The Morgan fingerprint density at radius 1 is 1.59 bits per heavy atom. The minimum absolute atomic E-state index is 0.519. The normalized spacial score (nSPS) is 29.5. The number of imidazole rings is 1. The minimum atomic E-state index is -0.519. The van der Waals surface area contributed by atoms with E-state index in [0.717, 1.165) is 38.1 Å². The summed E-state index contributed by atoms with van der Waals surface area (Å²) in [5, 5.41) is 10.7. The van der Waals surface area contributed by atoms with E-state index in [1.165, 1.54) is 6.42 Å². The molecule has 1 heterocycles. The highest BCUT2D eigenvalue weighted by molar-refractivity contribution is 5.00. The van der Waals surface area contributed by atoms with Gasteiger partial charge in [-0.05, 0) is 25.2 Å².